The number of furan rings is 1. The second kappa shape index (κ2) is 5.55. The molecule has 2 aromatic rings. The first-order chi connectivity index (χ1) is 9.97. The summed E-state index contributed by atoms with van der Waals surface area (Å²) in [4.78, 5) is -0.0844. The Balaban J connectivity index is 1.89. The topological polar surface area (TPSA) is 59.3 Å². The van der Waals surface area contributed by atoms with Crippen LogP contribution in [0.3, 0.4) is 0 Å². The molecule has 1 N–H and O–H groups in total. The Morgan fingerprint density at radius 3 is 2.90 bits per heavy atom. The second-order valence-corrected chi connectivity index (χ2v) is 7.51. The Labute approximate surface area is 130 Å². The highest BCUT2D eigenvalue weighted by atomic mass is 79.9. The fourth-order valence-corrected chi connectivity index (χ4v) is 4.02. The van der Waals surface area contributed by atoms with Crippen molar-refractivity contribution < 1.29 is 17.2 Å². The molecule has 4 nitrogen and oxygen atoms in total. The van der Waals surface area contributed by atoms with E-state index in [0.717, 1.165) is 30.2 Å². The van der Waals surface area contributed by atoms with E-state index < -0.39 is 15.8 Å². The number of benzene rings is 1. The van der Waals surface area contributed by atoms with Crippen molar-refractivity contribution in [2.24, 2.45) is 0 Å². The molecule has 1 aromatic heterocycles. The molecule has 1 aliphatic carbocycles. The fourth-order valence-electron chi connectivity index (χ4n) is 2.51. The lowest BCUT2D eigenvalue weighted by molar-refractivity contribution is 0.438. The fraction of sp³-hybridized carbons (Fsp3) is 0.286. The van der Waals surface area contributed by atoms with Crippen LogP contribution in [0.15, 0.2) is 44.3 Å². The summed E-state index contributed by atoms with van der Waals surface area (Å²) in [5, 5.41) is 0. The zero-order valence-electron chi connectivity index (χ0n) is 11.0. The summed E-state index contributed by atoms with van der Waals surface area (Å²) in [6.07, 6.45) is 3.93. The van der Waals surface area contributed by atoms with Crippen LogP contribution in [-0.2, 0) is 16.4 Å². The highest BCUT2D eigenvalue weighted by Gasteiger charge is 2.27. The van der Waals surface area contributed by atoms with Crippen molar-refractivity contribution >= 4 is 26.0 Å². The van der Waals surface area contributed by atoms with Gasteiger partial charge in [0.05, 0.1) is 21.7 Å². The minimum Gasteiger partial charge on any atom is -0.469 e. The standard InChI is InChI=1S/C14H13BrFNO3S/c15-11-5-4-9(8-12(11)16)21(18,19)17-13-2-1-3-14-10(13)6-7-20-14/h4-8,13,17H,1-3H2. The summed E-state index contributed by atoms with van der Waals surface area (Å²) in [5.41, 5.74) is 0.863. The normalized spacial score (nSPS) is 18.5. The molecule has 21 heavy (non-hydrogen) atoms. The molecule has 0 saturated heterocycles. The monoisotopic (exact) mass is 373 g/mol. The molecule has 0 amide bonds. The van der Waals surface area contributed by atoms with Gasteiger partial charge in [-0.05, 0) is 53.0 Å². The highest BCUT2D eigenvalue weighted by Crippen LogP contribution is 2.32. The molecule has 0 aliphatic heterocycles. The van der Waals surface area contributed by atoms with E-state index in [1.54, 1.807) is 12.3 Å². The Hall–Kier alpha value is -1.18. The van der Waals surface area contributed by atoms with Gasteiger partial charge in [-0.25, -0.2) is 17.5 Å². The highest BCUT2D eigenvalue weighted by molar-refractivity contribution is 9.10. The number of nitrogens with one attached hydrogen (secondary N) is 1. The zero-order valence-corrected chi connectivity index (χ0v) is 13.4. The summed E-state index contributed by atoms with van der Waals surface area (Å²) >= 11 is 3.01. The maximum absolute atomic E-state index is 13.5. The molecule has 0 radical (unpaired) electrons. The lowest BCUT2D eigenvalue weighted by Gasteiger charge is -2.22. The van der Waals surface area contributed by atoms with Crippen LogP contribution in [0.4, 0.5) is 4.39 Å². The first-order valence-corrected chi connectivity index (χ1v) is 8.78. The van der Waals surface area contributed by atoms with Crippen LogP contribution in [0, 0.1) is 5.82 Å². The summed E-state index contributed by atoms with van der Waals surface area (Å²) in [7, 11) is -3.77. The lowest BCUT2D eigenvalue weighted by atomic mass is 9.94. The Morgan fingerprint density at radius 2 is 2.14 bits per heavy atom. The number of rotatable bonds is 3. The third kappa shape index (κ3) is 2.90. The van der Waals surface area contributed by atoms with Crippen molar-refractivity contribution in [2.75, 3.05) is 0 Å². The molecule has 1 atom stereocenters. The van der Waals surface area contributed by atoms with Crippen molar-refractivity contribution in [3.63, 3.8) is 0 Å². The number of sulfonamides is 1. The van der Waals surface area contributed by atoms with E-state index in [-0.39, 0.29) is 15.4 Å². The summed E-state index contributed by atoms with van der Waals surface area (Å²) in [6.45, 7) is 0. The largest absolute Gasteiger partial charge is 0.469 e. The number of aryl methyl sites for hydroxylation is 1. The average molecular weight is 374 g/mol. The molecule has 7 heteroatoms. The molecule has 112 valence electrons. The molecule has 1 aliphatic rings. The van der Waals surface area contributed by atoms with Gasteiger partial charge < -0.3 is 4.42 Å². The Morgan fingerprint density at radius 1 is 1.33 bits per heavy atom. The van der Waals surface area contributed by atoms with Crippen LogP contribution in [0.1, 0.15) is 30.2 Å². The van der Waals surface area contributed by atoms with Gasteiger partial charge in [-0.1, -0.05) is 0 Å². The first-order valence-electron chi connectivity index (χ1n) is 6.51. The molecule has 1 aromatic carbocycles. The predicted molar refractivity (Wildman–Crippen MR) is 78.8 cm³/mol. The van der Waals surface area contributed by atoms with Gasteiger partial charge in [-0.2, -0.15) is 0 Å². The summed E-state index contributed by atoms with van der Waals surface area (Å²) < 4.78 is 46.5. The average Bonchev–Trinajstić information content (AvgIpc) is 2.91. The van der Waals surface area contributed by atoms with Gasteiger partial charge in [0, 0.05) is 12.0 Å². The smallest absolute Gasteiger partial charge is 0.241 e. The Bertz CT molecular complexity index is 772. The van der Waals surface area contributed by atoms with Crippen molar-refractivity contribution in [2.45, 2.75) is 30.2 Å². The first kappa shape index (κ1) is 14.7. The molecule has 3 rings (SSSR count). The molecule has 0 saturated carbocycles. The molecular formula is C14H13BrFNO3S. The summed E-state index contributed by atoms with van der Waals surface area (Å²) in [5.74, 6) is 0.210. The van der Waals surface area contributed by atoms with Crippen molar-refractivity contribution in [1.82, 2.24) is 4.72 Å². The quantitative estimate of drug-likeness (QED) is 0.894. The van der Waals surface area contributed by atoms with Gasteiger partial charge in [-0.3, -0.25) is 0 Å². The molecule has 1 unspecified atom stereocenters. The van der Waals surface area contributed by atoms with Crippen LogP contribution < -0.4 is 4.72 Å². The SMILES string of the molecule is O=S(=O)(NC1CCCc2occc21)c1ccc(Br)c(F)c1. The second-order valence-electron chi connectivity index (χ2n) is 4.94. The van der Waals surface area contributed by atoms with Crippen molar-refractivity contribution in [3.8, 4) is 0 Å². The van der Waals surface area contributed by atoms with Gasteiger partial charge >= 0.3 is 0 Å². The minimum absolute atomic E-state index is 0.0844. The number of halogens is 2. The van der Waals surface area contributed by atoms with E-state index in [1.165, 1.54) is 12.1 Å². The zero-order chi connectivity index (χ0) is 15.0. The van der Waals surface area contributed by atoms with Crippen LogP contribution in [-0.4, -0.2) is 8.42 Å². The van der Waals surface area contributed by atoms with Crippen molar-refractivity contribution in [1.29, 1.82) is 0 Å². The third-order valence-electron chi connectivity index (χ3n) is 3.55. The predicted octanol–water partition coefficient (Wildman–Crippen LogP) is 3.54. The van der Waals surface area contributed by atoms with Gasteiger partial charge in [0.15, 0.2) is 0 Å². The van der Waals surface area contributed by atoms with E-state index in [4.69, 9.17) is 4.42 Å². The third-order valence-corrected chi connectivity index (χ3v) is 5.66. The van der Waals surface area contributed by atoms with E-state index in [2.05, 4.69) is 20.7 Å². The van der Waals surface area contributed by atoms with E-state index in [9.17, 15) is 12.8 Å². The van der Waals surface area contributed by atoms with Crippen LogP contribution in [0.2, 0.25) is 0 Å². The minimum atomic E-state index is -3.77. The molecule has 0 spiro atoms. The van der Waals surface area contributed by atoms with Gasteiger partial charge in [-0.15, -0.1) is 0 Å². The van der Waals surface area contributed by atoms with Crippen LogP contribution >= 0.6 is 15.9 Å². The maximum Gasteiger partial charge on any atom is 0.241 e. The van der Waals surface area contributed by atoms with E-state index in [1.807, 2.05) is 0 Å². The number of hydrogen-bond donors (Lipinski definition) is 1. The molecule has 0 bridgehead atoms. The molecule has 1 heterocycles. The van der Waals surface area contributed by atoms with Gasteiger partial charge in [0.2, 0.25) is 10.0 Å². The maximum atomic E-state index is 13.5. The van der Waals surface area contributed by atoms with E-state index in [0.29, 0.717) is 6.42 Å². The lowest BCUT2D eigenvalue weighted by Crippen LogP contribution is -2.30. The van der Waals surface area contributed by atoms with E-state index >= 15 is 0 Å². The molecule has 0 fully saturated rings. The number of hydrogen-bond acceptors (Lipinski definition) is 3. The van der Waals surface area contributed by atoms with Crippen LogP contribution in [0.5, 0.6) is 0 Å². The Kier molecular flexibility index (Phi) is 3.90. The van der Waals surface area contributed by atoms with Gasteiger partial charge in [0.1, 0.15) is 11.6 Å². The van der Waals surface area contributed by atoms with Crippen molar-refractivity contribution in [3.05, 3.63) is 52.1 Å². The summed E-state index contributed by atoms with van der Waals surface area (Å²) in [6, 6.07) is 5.21. The number of fused-ring (bicyclic) bond motifs is 1. The van der Waals surface area contributed by atoms with Gasteiger partial charge in [0.25, 0.3) is 0 Å². The molecular weight excluding hydrogens is 361 g/mol. The van der Waals surface area contributed by atoms with Crippen LogP contribution in [0.25, 0.3) is 0 Å².